The van der Waals surface area contributed by atoms with Gasteiger partial charge in [-0.15, -0.1) is 11.3 Å². The van der Waals surface area contributed by atoms with Gasteiger partial charge >= 0.3 is 0 Å². The number of halogens is 1. The molecule has 0 spiro atoms. The molecule has 0 saturated heterocycles. The lowest BCUT2D eigenvalue weighted by Crippen LogP contribution is -2.18. The van der Waals surface area contributed by atoms with E-state index in [0.29, 0.717) is 6.54 Å². The maximum absolute atomic E-state index is 13.2. The Balaban J connectivity index is 1.97. The summed E-state index contributed by atoms with van der Waals surface area (Å²) in [6, 6.07) is 6.81. The summed E-state index contributed by atoms with van der Waals surface area (Å²) in [7, 11) is 0. The van der Waals surface area contributed by atoms with Crippen LogP contribution in [0.5, 0.6) is 0 Å². The molecule has 1 heterocycles. The zero-order chi connectivity index (χ0) is 14.8. The smallest absolute Gasteiger partial charge is 0.123 e. The minimum absolute atomic E-state index is 0.0862. The van der Waals surface area contributed by atoms with E-state index in [1.165, 1.54) is 6.07 Å². The molecule has 1 aromatic carbocycles. The monoisotopic (exact) mass is 292 g/mol. The molecule has 0 saturated carbocycles. The molecule has 1 aromatic heterocycles. The van der Waals surface area contributed by atoms with Crippen LogP contribution in [0.3, 0.4) is 0 Å². The molecule has 0 aliphatic rings. The first-order valence-corrected chi connectivity index (χ1v) is 7.68. The van der Waals surface area contributed by atoms with Crippen LogP contribution in [-0.4, -0.2) is 4.98 Å². The Kier molecular flexibility index (Phi) is 4.55. The van der Waals surface area contributed by atoms with E-state index in [1.807, 2.05) is 13.0 Å². The van der Waals surface area contributed by atoms with Gasteiger partial charge in [0, 0.05) is 23.4 Å². The van der Waals surface area contributed by atoms with E-state index in [9.17, 15) is 4.39 Å². The molecule has 20 heavy (non-hydrogen) atoms. The molecule has 0 radical (unpaired) electrons. The second-order valence-electron chi connectivity index (χ2n) is 6.03. The van der Waals surface area contributed by atoms with Gasteiger partial charge in [0.25, 0.3) is 0 Å². The normalized spacial score (nSPS) is 13.4. The molecule has 2 nitrogen and oxygen atoms in total. The van der Waals surface area contributed by atoms with Crippen molar-refractivity contribution in [3.05, 3.63) is 51.7 Å². The molecule has 0 amide bonds. The third kappa shape index (κ3) is 3.87. The van der Waals surface area contributed by atoms with E-state index in [2.05, 4.69) is 36.5 Å². The van der Waals surface area contributed by atoms with Crippen LogP contribution >= 0.6 is 11.3 Å². The van der Waals surface area contributed by atoms with Crippen molar-refractivity contribution in [2.24, 2.45) is 0 Å². The fourth-order valence-electron chi connectivity index (χ4n) is 1.87. The predicted molar refractivity (Wildman–Crippen MR) is 82.5 cm³/mol. The van der Waals surface area contributed by atoms with E-state index >= 15 is 0 Å². The summed E-state index contributed by atoms with van der Waals surface area (Å²) in [5, 5.41) is 6.57. The second-order valence-corrected chi connectivity index (χ2v) is 6.98. The lowest BCUT2D eigenvalue weighted by atomic mass is 9.93. The molecule has 1 N–H and O–H groups in total. The fourth-order valence-corrected chi connectivity index (χ4v) is 2.84. The topological polar surface area (TPSA) is 24.9 Å². The molecule has 2 rings (SSSR count). The Morgan fingerprint density at radius 1 is 1.35 bits per heavy atom. The molecule has 1 atom stereocenters. The molecule has 4 heteroatoms. The SMILES string of the molecule is CC(NCc1nc(C(C)(C)C)cs1)c1cccc(F)c1. The van der Waals surface area contributed by atoms with Crippen molar-refractivity contribution >= 4 is 11.3 Å². The molecule has 0 fully saturated rings. The fraction of sp³-hybridized carbons (Fsp3) is 0.438. The Labute approximate surface area is 124 Å². The van der Waals surface area contributed by atoms with Gasteiger partial charge in [-0.25, -0.2) is 9.37 Å². The molecule has 108 valence electrons. The maximum atomic E-state index is 13.2. The Hall–Kier alpha value is -1.26. The number of aromatic nitrogens is 1. The van der Waals surface area contributed by atoms with Gasteiger partial charge in [0.05, 0.1) is 5.69 Å². The summed E-state index contributed by atoms with van der Waals surface area (Å²) in [5.74, 6) is -0.194. The highest BCUT2D eigenvalue weighted by atomic mass is 32.1. The van der Waals surface area contributed by atoms with Gasteiger partial charge in [0.15, 0.2) is 0 Å². The van der Waals surface area contributed by atoms with Crippen LogP contribution < -0.4 is 5.32 Å². The predicted octanol–water partition coefficient (Wildman–Crippen LogP) is 4.43. The van der Waals surface area contributed by atoms with Crippen molar-refractivity contribution in [3.8, 4) is 0 Å². The van der Waals surface area contributed by atoms with Gasteiger partial charge in [-0.3, -0.25) is 0 Å². The van der Waals surface area contributed by atoms with Crippen molar-refractivity contribution in [3.63, 3.8) is 0 Å². The van der Waals surface area contributed by atoms with Crippen LogP contribution in [0.15, 0.2) is 29.6 Å². The Morgan fingerprint density at radius 2 is 2.10 bits per heavy atom. The lowest BCUT2D eigenvalue weighted by Gasteiger charge is -2.15. The minimum atomic E-state index is -0.194. The van der Waals surface area contributed by atoms with E-state index < -0.39 is 0 Å². The molecule has 0 aliphatic carbocycles. The number of thiazole rings is 1. The number of hydrogen-bond donors (Lipinski definition) is 1. The van der Waals surface area contributed by atoms with Gasteiger partial charge in [0.1, 0.15) is 10.8 Å². The van der Waals surface area contributed by atoms with Gasteiger partial charge in [-0.1, -0.05) is 32.9 Å². The van der Waals surface area contributed by atoms with Crippen molar-refractivity contribution in [2.75, 3.05) is 0 Å². The van der Waals surface area contributed by atoms with Crippen LogP contribution in [0.25, 0.3) is 0 Å². The van der Waals surface area contributed by atoms with Gasteiger partial charge in [-0.2, -0.15) is 0 Å². The standard InChI is InChI=1S/C16H21FN2S/c1-11(12-6-5-7-13(17)8-12)18-9-15-19-14(10-20-15)16(2,3)4/h5-8,10-11,18H,9H2,1-4H3. The lowest BCUT2D eigenvalue weighted by molar-refractivity contribution is 0.550. The number of nitrogens with one attached hydrogen (secondary N) is 1. The molecule has 0 bridgehead atoms. The first kappa shape index (κ1) is 15.1. The molecule has 0 aliphatic heterocycles. The third-order valence-corrected chi connectivity index (χ3v) is 4.08. The highest BCUT2D eigenvalue weighted by molar-refractivity contribution is 7.09. The molecular weight excluding hydrogens is 271 g/mol. The highest BCUT2D eigenvalue weighted by Gasteiger charge is 2.17. The molecular formula is C16H21FN2S. The summed E-state index contributed by atoms with van der Waals surface area (Å²) < 4.78 is 13.2. The van der Waals surface area contributed by atoms with E-state index in [4.69, 9.17) is 0 Å². The molecule has 2 aromatic rings. The summed E-state index contributed by atoms with van der Waals surface area (Å²) in [4.78, 5) is 4.65. The molecule has 1 unspecified atom stereocenters. The summed E-state index contributed by atoms with van der Waals surface area (Å²) in [6.45, 7) is 9.23. The van der Waals surface area contributed by atoms with Gasteiger partial charge < -0.3 is 5.32 Å². The Morgan fingerprint density at radius 3 is 2.70 bits per heavy atom. The van der Waals surface area contributed by atoms with Gasteiger partial charge in [0.2, 0.25) is 0 Å². The zero-order valence-corrected chi connectivity index (χ0v) is 13.2. The Bertz CT molecular complexity index is 572. The minimum Gasteiger partial charge on any atom is -0.304 e. The first-order valence-electron chi connectivity index (χ1n) is 6.80. The first-order chi connectivity index (χ1) is 9.36. The van der Waals surface area contributed by atoms with Crippen molar-refractivity contribution in [2.45, 2.75) is 45.7 Å². The summed E-state index contributed by atoms with van der Waals surface area (Å²) in [5.41, 5.74) is 2.17. The number of benzene rings is 1. The number of rotatable bonds is 4. The van der Waals surface area contributed by atoms with E-state index in [0.717, 1.165) is 16.3 Å². The number of nitrogens with zero attached hydrogens (tertiary/aromatic N) is 1. The maximum Gasteiger partial charge on any atom is 0.123 e. The average Bonchev–Trinajstić information content (AvgIpc) is 2.84. The summed E-state index contributed by atoms with van der Waals surface area (Å²) in [6.07, 6.45) is 0. The number of hydrogen-bond acceptors (Lipinski definition) is 3. The largest absolute Gasteiger partial charge is 0.304 e. The van der Waals surface area contributed by atoms with E-state index in [1.54, 1.807) is 23.5 Å². The van der Waals surface area contributed by atoms with Crippen molar-refractivity contribution in [1.82, 2.24) is 10.3 Å². The van der Waals surface area contributed by atoms with Gasteiger partial charge in [-0.05, 0) is 24.6 Å². The highest BCUT2D eigenvalue weighted by Crippen LogP contribution is 2.24. The van der Waals surface area contributed by atoms with Crippen LogP contribution in [0.1, 0.15) is 50.0 Å². The van der Waals surface area contributed by atoms with E-state index in [-0.39, 0.29) is 17.3 Å². The summed E-state index contributed by atoms with van der Waals surface area (Å²) >= 11 is 1.67. The zero-order valence-electron chi connectivity index (χ0n) is 12.4. The van der Waals surface area contributed by atoms with Crippen LogP contribution in [-0.2, 0) is 12.0 Å². The van der Waals surface area contributed by atoms with Crippen LogP contribution in [0, 0.1) is 5.82 Å². The average molecular weight is 292 g/mol. The van der Waals surface area contributed by atoms with Crippen LogP contribution in [0.4, 0.5) is 4.39 Å². The second kappa shape index (κ2) is 6.02. The van der Waals surface area contributed by atoms with Crippen LogP contribution in [0.2, 0.25) is 0 Å². The quantitative estimate of drug-likeness (QED) is 0.901. The van der Waals surface area contributed by atoms with Crippen molar-refractivity contribution < 1.29 is 4.39 Å². The van der Waals surface area contributed by atoms with Crippen molar-refractivity contribution in [1.29, 1.82) is 0 Å². The third-order valence-electron chi connectivity index (χ3n) is 3.23.